The summed E-state index contributed by atoms with van der Waals surface area (Å²) in [6.45, 7) is 9.15. The zero-order valence-electron chi connectivity index (χ0n) is 20.1. The largest absolute Gasteiger partial charge is 0.471 e. The first-order valence-corrected chi connectivity index (χ1v) is 12.1. The number of halogens is 1. The van der Waals surface area contributed by atoms with Crippen LogP contribution in [0, 0.1) is 20.8 Å². The van der Waals surface area contributed by atoms with Crippen LogP contribution < -0.4 is 10.1 Å². The Bertz CT molecular complexity index is 1240. The van der Waals surface area contributed by atoms with E-state index in [2.05, 4.69) is 10.4 Å². The summed E-state index contributed by atoms with van der Waals surface area (Å²) < 4.78 is 17.4. The molecule has 3 rings (SSSR count). The number of benzene rings is 1. The molecule has 2 aromatic heterocycles. The van der Waals surface area contributed by atoms with E-state index in [1.165, 1.54) is 10.7 Å². The van der Waals surface area contributed by atoms with Gasteiger partial charge in [-0.25, -0.2) is 14.3 Å². The Labute approximate surface area is 211 Å². The average Bonchev–Trinajstić information content (AvgIpc) is 3.41. The Morgan fingerprint density at radius 3 is 2.31 bits per heavy atom. The summed E-state index contributed by atoms with van der Waals surface area (Å²) in [6.07, 6.45) is 1.60. The molecule has 1 N–H and O–H groups in total. The maximum atomic E-state index is 12.9. The Kier molecular flexibility index (Phi) is 8.52. The second-order valence-electron chi connectivity index (χ2n) is 7.54. The van der Waals surface area contributed by atoms with E-state index in [0.29, 0.717) is 16.3 Å². The molecule has 1 aromatic carbocycles. The van der Waals surface area contributed by atoms with E-state index in [0.717, 1.165) is 22.5 Å². The van der Waals surface area contributed by atoms with Crippen molar-refractivity contribution in [3.05, 3.63) is 62.2 Å². The number of nitrogens with zero attached hydrogens (tertiary/aromatic N) is 2. The van der Waals surface area contributed by atoms with Gasteiger partial charge in [-0.05, 0) is 69.5 Å². The minimum atomic E-state index is -0.639. The van der Waals surface area contributed by atoms with Crippen molar-refractivity contribution in [1.29, 1.82) is 0 Å². The molecular formula is C24H26ClN3O6S. The van der Waals surface area contributed by atoms with Gasteiger partial charge < -0.3 is 19.5 Å². The monoisotopic (exact) mass is 519 g/mol. The fourth-order valence-electron chi connectivity index (χ4n) is 3.29. The van der Waals surface area contributed by atoms with E-state index in [9.17, 15) is 14.4 Å². The van der Waals surface area contributed by atoms with Gasteiger partial charge in [-0.2, -0.15) is 5.10 Å². The number of aryl methyl sites for hydroxylation is 2. The molecule has 0 aliphatic carbocycles. The number of ether oxygens (including phenoxy) is 3. The third-order valence-corrected chi connectivity index (χ3v) is 6.74. The van der Waals surface area contributed by atoms with Crippen LogP contribution in [0.2, 0.25) is 5.02 Å². The number of carbonyl (C=O) groups is 3. The van der Waals surface area contributed by atoms with Gasteiger partial charge in [-0.1, -0.05) is 11.6 Å². The molecule has 186 valence electrons. The molecule has 0 bridgehead atoms. The highest BCUT2D eigenvalue weighted by atomic mass is 35.5. The lowest BCUT2D eigenvalue weighted by Gasteiger charge is -2.10. The first-order valence-electron chi connectivity index (χ1n) is 10.9. The molecule has 35 heavy (non-hydrogen) atoms. The molecule has 9 nitrogen and oxygen atoms in total. The van der Waals surface area contributed by atoms with Crippen molar-refractivity contribution >= 4 is 45.8 Å². The minimum absolute atomic E-state index is 0.0764. The van der Waals surface area contributed by atoms with E-state index in [1.807, 2.05) is 26.0 Å². The van der Waals surface area contributed by atoms with E-state index in [1.54, 1.807) is 27.0 Å². The third kappa shape index (κ3) is 6.01. The lowest BCUT2D eigenvalue weighted by atomic mass is 10.1. The maximum absolute atomic E-state index is 12.9. The van der Waals surface area contributed by atoms with Crippen molar-refractivity contribution in [3.63, 3.8) is 0 Å². The third-order valence-electron chi connectivity index (χ3n) is 4.96. The summed E-state index contributed by atoms with van der Waals surface area (Å²) >= 11 is 7.14. The Morgan fingerprint density at radius 1 is 1.06 bits per heavy atom. The van der Waals surface area contributed by atoms with Gasteiger partial charge in [0.05, 0.1) is 18.8 Å². The molecular weight excluding hydrogens is 494 g/mol. The number of anilines is 1. The van der Waals surface area contributed by atoms with Crippen LogP contribution in [0.1, 0.15) is 61.1 Å². The van der Waals surface area contributed by atoms with Crippen molar-refractivity contribution < 1.29 is 28.6 Å². The summed E-state index contributed by atoms with van der Waals surface area (Å²) in [5, 5.41) is 7.79. The maximum Gasteiger partial charge on any atom is 0.348 e. The second-order valence-corrected chi connectivity index (χ2v) is 8.94. The lowest BCUT2D eigenvalue weighted by Crippen LogP contribution is -2.16. The average molecular weight is 520 g/mol. The van der Waals surface area contributed by atoms with Crippen molar-refractivity contribution in [2.24, 2.45) is 0 Å². The summed E-state index contributed by atoms with van der Waals surface area (Å²) in [4.78, 5) is 37.9. The van der Waals surface area contributed by atoms with Gasteiger partial charge in [0, 0.05) is 11.2 Å². The quantitative estimate of drug-likeness (QED) is 0.388. The molecule has 1 amide bonds. The van der Waals surface area contributed by atoms with Gasteiger partial charge >= 0.3 is 11.9 Å². The molecule has 0 fully saturated rings. The Hall–Kier alpha value is -3.37. The van der Waals surface area contributed by atoms with Crippen LogP contribution in [0.15, 0.2) is 24.4 Å². The highest BCUT2D eigenvalue weighted by Crippen LogP contribution is 2.34. The predicted molar refractivity (Wildman–Crippen MR) is 133 cm³/mol. The molecule has 0 saturated heterocycles. The molecule has 3 aromatic rings. The smallest absolute Gasteiger partial charge is 0.348 e. The number of amides is 1. The molecule has 0 aliphatic heterocycles. The fraction of sp³-hybridized carbons (Fsp3) is 0.333. The van der Waals surface area contributed by atoms with Crippen LogP contribution in [0.4, 0.5) is 5.00 Å². The normalized spacial score (nSPS) is 10.7. The topological polar surface area (TPSA) is 109 Å². The first kappa shape index (κ1) is 26.2. The van der Waals surface area contributed by atoms with Crippen molar-refractivity contribution in [2.45, 2.75) is 41.3 Å². The zero-order chi connectivity index (χ0) is 25.7. The van der Waals surface area contributed by atoms with Crippen molar-refractivity contribution in [2.75, 3.05) is 18.5 Å². The van der Waals surface area contributed by atoms with Crippen molar-refractivity contribution in [1.82, 2.24) is 9.78 Å². The molecule has 0 unspecified atom stereocenters. The molecule has 0 saturated carbocycles. The summed E-state index contributed by atoms with van der Waals surface area (Å²) in [7, 11) is 0. The van der Waals surface area contributed by atoms with Crippen LogP contribution in [0.3, 0.4) is 0 Å². The highest BCUT2D eigenvalue weighted by molar-refractivity contribution is 7.18. The lowest BCUT2D eigenvalue weighted by molar-refractivity contribution is 0.0527. The van der Waals surface area contributed by atoms with Crippen molar-refractivity contribution in [3.8, 4) is 5.75 Å². The number of hydrogen-bond donors (Lipinski definition) is 1. The van der Waals surface area contributed by atoms with Gasteiger partial charge in [0.15, 0.2) is 12.4 Å². The number of esters is 2. The summed E-state index contributed by atoms with van der Waals surface area (Å²) in [5.41, 5.74) is 2.40. The molecule has 0 atom stereocenters. The summed E-state index contributed by atoms with van der Waals surface area (Å²) in [5.74, 6) is -1.13. The molecule has 0 radical (unpaired) electrons. The van der Waals surface area contributed by atoms with Crippen LogP contribution in [0.5, 0.6) is 5.75 Å². The van der Waals surface area contributed by atoms with E-state index >= 15 is 0 Å². The van der Waals surface area contributed by atoms with Gasteiger partial charge in [0.1, 0.15) is 15.6 Å². The molecule has 0 aliphatic rings. The van der Waals surface area contributed by atoms with Crippen LogP contribution in [-0.4, -0.2) is 40.8 Å². The Balaban J connectivity index is 1.77. The van der Waals surface area contributed by atoms with E-state index < -0.39 is 17.8 Å². The van der Waals surface area contributed by atoms with Gasteiger partial charge in [0.25, 0.3) is 5.91 Å². The fourth-order valence-corrected chi connectivity index (χ4v) is 4.49. The number of thiophene rings is 1. The minimum Gasteiger partial charge on any atom is -0.471 e. The zero-order valence-corrected chi connectivity index (χ0v) is 21.6. The number of nitrogens with one attached hydrogen (secondary N) is 1. The highest BCUT2D eigenvalue weighted by Gasteiger charge is 2.28. The first-order chi connectivity index (χ1) is 16.7. The number of aromatic nitrogens is 2. The van der Waals surface area contributed by atoms with E-state index in [4.69, 9.17) is 25.8 Å². The molecule has 11 heteroatoms. The standard InChI is InChI=1S/C24H26ClN3O6S/c1-6-32-23(30)18-15(5)20(24(31)33-7-2)35-22(18)26-21(29)17-8-9-28(27-17)12-34-16-10-13(3)19(25)14(4)11-16/h8-11H,6-7,12H2,1-5H3,(H,26,29). The van der Waals surface area contributed by atoms with Gasteiger partial charge in [0.2, 0.25) is 0 Å². The Morgan fingerprint density at radius 2 is 1.69 bits per heavy atom. The number of rotatable bonds is 9. The number of hydrogen-bond acceptors (Lipinski definition) is 8. The molecule has 2 heterocycles. The number of carbonyl (C=O) groups excluding carboxylic acids is 3. The second kappa shape index (κ2) is 11.4. The summed E-state index contributed by atoms with van der Waals surface area (Å²) in [6, 6.07) is 5.17. The predicted octanol–water partition coefficient (Wildman–Crippen LogP) is 5.17. The van der Waals surface area contributed by atoms with Crippen LogP contribution >= 0.6 is 22.9 Å². The SMILES string of the molecule is CCOC(=O)c1sc(NC(=O)c2ccn(COc3cc(C)c(Cl)c(C)c3)n2)c(C(=O)OCC)c1C. The molecule has 0 spiro atoms. The van der Waals surface area contributed by atoms with Gasteiger partial charge in [-0.3, -0.25) is 4.79 Å². The van der Waals surface area contributed by atoms with Crippen LogP contribution in [0.25, 0.3) is 0 Å². The van der Waals surface area contributed by atoms with E-state index in [-0.39, 0.29) is 41.1 Å². The van der Waals surface area contributed by atoms with Crippen LogP contribution in [-0.2, 0) is 16.2 Å². The van der Waals surface area contributed by atoms with Gasteiger partial charge in [-0.15, -0.1) is 11.3 Å².